The summed E-state index contributed by atoms with van der Waals surface area (Å²) in [5.41, 5.74) is 1.39. The fourth-order valence-electron chi connectivity index (χ4n) is 3.62. The van der Waals surface area contributed by atoms with Gasteiger partial charge < -0.3 is 19.5 Å². The van der Waals surface area contributed by atoms with E-state index < -0.39 is 6.09 Å². The van der Waals surface area contributed by atoms with Gasteiger partial charge in [0, 0.05) is 32.5 Å². The van der Waals surface area contributed by atoms with Gasteiger partial charge in [0.2, 0.25) is 0 Å². The maximum Gasteiger partial charge on any atom is 0.407 e. The van der Waals surface area contributed by atoms with E-state index in [1.54, 1.807) is 41.1 Å². The van der Waals surface area contributed by atoms with Crippen molar-refractivity contribution in [3.8, 4) is 11.4 Å². The number of likely N-dealkylation sites (tertiary alicyclic amines) is 1. The highest BCUT2D eigenvalue weighted by molar-refractivity contribution is 6.32. The lowest BCUT2D eigenvalue weighted by Gasteiger charge is -2.13. The van der Waals surface area contributed by atoms with Crippen LogP contribution in [0.25, 0.3) is 16.9 Å². The Labute approximate surface area is 170 Å². The first-order chi connectivity index (χ1) is 14.0. The summed E-state index contributed by atoms with van der Waals surface area (Å²) in [4.78, 5) is 30.4. The number of carboxylic acid groups (broad SMARTS) is 1. The Balaban J connectivity index is 1.84. The van der Waals surface area contributed by atoms with Crippen LogP contribution >= 0.6 is 11.6 Å². The van der Waals surface area contributed by atoms with Crippen molar-refractivity contribution >= 4 is 28.9 Å². The van der Waals surface area contributed by atoms with Gasteiger partial charge in [0.1, 0.15) is 5.75 Å². The van der Waals surface area contributed by atoms with Crippen LogP contribution in [0.3, 0.4) is 0 Å². The van der Waals surface area contributed by atoms with E-state index in [1.165, 1.54) is 16.6 Å². The monoisotopic (exact) mass is 418 g/mol. The van der Waals surface area contributed by atoms with Crippen LogP contribution in [0.1, 0.15) is 12.5 Å². The fourth-order valence-corrected chi connectivity index (χ4v) is 3.79. The highest BCUT2D eigenvalue weighted by Gasteiger charge is 2.31. The molecule has 0 aliphatic carbocycles. The molecule has 1 aliphatic heterocycles. The molecule has 1 aliphatic rings. The third-order valence-corrected chi connectivity index (χ3v) is 5.25. The van der Waals surface area contributed by atoms with Crippen LogP contribution in [-0.2, 0) is 4.74 Å². The third kappa shape index (κ3) is 3.43. The molecule has 10 heteroatoms. The number of amides is 1. The van der Waals surface area contributed by atoms with E-state index in [-0.39, 0.29) is 25.1 Å². The Morgan fingerprint density at radius 1 is 1.38 bits per heavy atom. The molecule has 0 saturated carbocycles. The van der Waals surface area contributed by atoms with Crippen molar-refractivity contribution in [2.45, 2.75) is 12.5 Å². The molecule has 0 radical (unpaired) electrons. The molecule has 4 rings (SSSR count). The highest BCUT2D eigenvalue weighted by Crippen LogP contribution is 2.29. The molecule has 29 heavy (non-hydrogen) atoms. The molecule has 3 aromatic rings. The molecule has 1 saturated heterocycles. The van der Waals surface area contributed by atoms with Gasteiger partial charge >= 0.3 is 11.8 Å². The average molecular weight is 419 g/mol. The molecule has 1 aromatic carbocycles. The van der Waals surface area contributed by atoms with Crippen LogP contribution in [0.4, 0.5) is 4.79 Å². The second kappa shape index (κ2) is 7.76. The van der Waals surface area contributed by atoms with Crippen molar-refractivity contribution in [1.29, 1.82) is 0 Å². The molecular weight excluding hydrogens is 400 g/mol. The predicted octanol–water partition coefficient (Wildman–Crippen LogP) is 2.75. The average Bonchev–Trinajstić information content (AvgIpc) is 3.30. The van der Waals surface area contributed by atoms with Crippen LogP contribution in [0.2, 0.25) is 5.02 Å². The molecule has 1 unspecified atom stereocenters. The minimum absolute atomic E-state index is 0.0223. The Kier molecular flexibility index (Phi) is 5.16. The topological polar surface area (TPSA) is 98.8 Å². The van der Waals surface area contributed by atoms with E-state index in [4.69, 9.17) is 21.1 Å². The SMILES string of the molecule is COCOc1cc(-n2c(=O)n(C3CCN(C(=O)O)C3)c3ncccc32)ccc1Cl. The Morgan fingerprint density at radius 2 is 2.21 bits per heavy atom. The highest BCUT2D eigenvalue weighted by atomic mass is 35.5. The molecule has 3 heterocycles. The Morgan fingerprint density at radius 3 is 2.93 bits per heavy atom. The largest absolute Gasteiger partial charge is 0.466 e. The van der Waals surface area contributed by atoms with E-state index in [0.717, 1.165) is 0 Å². The van der Waals surface area contributed by atoms with Crippen LogP contribution in [0.5, 0.6) is 5.75 Å². The molecule has 1 fully saturated rings. The van der Waals surface area contributed by atoms with Gasteiger partial charge in [-0.15, -0.1) is 0 Å². The summed E-state index contributed by atoms with van der Waals surface area (Å²) in [6, 6.07) is 8.30. The van der Waals surface area contributed by atoms with Gasteiger partial charge in [0.15, 0.2) is 12.4 Å². The van der Waals surface area contributed by atoms with Crippen LogP contribution in [0, 0.1) is 0 Å². The molecule has 1 amide bonds. The number of rotatable bonds is 5. The van der Waals surface area contributed by atoms with Gasteiger partial charge in [-0.25, -0.2) is 14.6 Å². The summed E-state index contributed by atoms with van der Waals surface area (Å²) in [5, 5.41) is 9.65. The quantitative estimate of drug-likeness (QED) is 0.640. The van der Waals surface area contributed by atoms with Crippen molar-refractivity contribution in [3.05, 3.63) is 52.0 Å². The molecule has 2 aromatic heterocycles. The van der Waals surface area contributed by atoms with Crippen LogP contribution in [0.15, 0.2) is 41.3 Å². The summed E-state index contributed by atoms with van der Waals surface area (Å²) in [6.07, 6.45) is 1.17. The zero-order valence-electron chi connectivity index (χ0n) is 15.6. The second-order valence-corrected chi connectivity index (χ2v) is 7.08. The standard InChI is InChI=1S/C19H19ClN4O5/c1-28-11-29-16-9-12(4-5-14(16)20)23-15-3-2-7-21-17(15)24(18(23)25)13-6-8-22(10-13)19(26)27/h2-5,7,9,13H,6,8,10-11H2,1H3,(H,26,27). The second-order valence-electron chi connectivity index (χ2n) is 6.67. The lowest BCUT2D eigenvalue weighted by molar-refractivity contribution is 0.0512. The maximum atomic E-state index is 13.4. The number of pyridine rings is 1. The van der Waals surface area contributed by atoms with Crippen molar-refractivity contribution in [3.63, 3.8) is 0 Å². The molecule has 0 spiro atoms. The van der Waals surface area contributed by atoms with Crippen molar-refractivity contribution < 1.29 is 19.4 Å². The van der Waals surface area contributed by atoms with E-state index in [1.807, 2.05) is 0 Å². The normalized spacial score (nSPS) is 16.5. The number of ether oxygens (including phenoxy) is 2. The number of methoxy groups -OCH3 is 1. The van der Waals surface area contributed by atoms with Gasteiger partial charge in [-0.3, -0.25) is 9.13 Å². The van der Waals surface area contributed by atoms with E-state index >= 15 is 0 Å². The summed E-state index contributed by atoms with van der Waals surface area (Å²) in [5.74, 6) is 0.389. The summed E-state index contributed by atoms with van der Waals surface area (Å²) < 4.78 is 13.5. The number of hydrogen-bond donors (Lipinski definition) is 1. The number of fused-ring (bicyclic) bond motifs is 1. The minimum Gasteiger partial charge on any atom is -0.466 e. The first kappa shape index (κ1) is 19.3. The van der Waals surface area contributed by atoms with Gasteiger partial charge in [0.05, 0.1) is 22.3 Å². The van der Waals surface area contributed by atoms with Crippen LogP contribution < -0.4 is 10.4 Å². The number of nitrogens with zero attached hydrogens (tertiary/aromatic N) is 4. The summed E-state index contributed by atoms with van der Waals surface area (Å²) in [6.45, 7) is 0.643. The zero-order chi connectivity index (χ0) is 20.5. The zero-order valence-corrected chi connectivity index (χ0v) is 16.4. The number of halogens is 1. The first-order valence-corrected chi connectivity index (χ1v) is 9.36. The Bertz CT molecular complexity index is 1130. The summed E-state index contributed by atoms with van der Waals surface area (Å²) >= 11 is 6.19. The molecule has 0 bridgehead atoms. The number of carbonyl (C=O) groups is 1. The van der Waals surface area contributed by atoms with Crippen LogP contribution in [-0.4, -0.2) is 57.2 Å². The number of benzene rings is 1. The molecule has 1 atom stereocenters. The minimum atomic E-state index is -0.991. The van der Waals surface area contributed by atoms with Gasteiger partial charge in [-0.05, 0) is 30.7 Å². The maximum absolute atomic E-state index is 13.4. The van der Waals surface area contributed by atoms with E-state index in [2.05, 4.69) is 4.98 Å². The predicted molar refractivity (Wildman–Crippen MR) is 106 cm³/mol. The molecule has 9 nitrogen and oxygen atoms in total. The molecular formula is C19H19ClN4O5. The van der Waals surface area contributed by atoms with E-state index in [9.17, 15) is 14.7 Å². The lowest BCUT2D eigenvalue weighted by Crippen LogP contribution is -2.31. The summed E-state index contributed by atoms with van der Waals surface area (Å²) in [7, 11) is 1.50. The molecule has 1 N–H and O–H groups in total. The first-order valence-electron chi connectivity index (χ1n) is 8.98. The fraction of sp³-hybridized carbons (Fsp3) is 0.316. The van der Waals surface area contributed by atoms with E-state index in [0.29, 0.717) is 40.6 Å². The Hall–Kier alpha value is -3.04. The van der Waals surface area contributed by atoms with Crippen molar-refractivity contribution in [2.24, 2.45) is 0 Å². The van der Waals surface area contributed by atoms with Gasteiger partial charge in [0.25, 0.3) is 0 Å². The number of aromatic nitrogens is 3. The van der Waals surface area contributed by atoms with Crippen molar-refractivity contribution in [1.82, 2.24) is 19.0 Å². The number of imidazole rings is 1. The molecule has 152 valence electrons. The van der Waals surface area contributed by atoms with Gasteiger partial charge in [-0.2, -0.15) is 0 Å². The van der Waals surface area contributed by atoms with Gasteiger partial charge in [-0.1, -0.05) is 11.6 Å². The number of hydrogen-bond acceptors (Lipinski definition) is 5. The third-order valence-electron chi connectivity index (χ3n) is 4.94. The van der Waals surface area contributed by atoms with Crippen molar-refractivity contribution in [2.75, 3.05) is 27.0 Å². The lowest BCUT2D eigenvalue weighted by atomic mass is 10.2. The smallest absolute Gasteiger partial charge is 0.407 e.